The van der Waals surface area contributed by atoms with Gasteiger partial charge in [0.15, 0.2) is 0 Å². The van der Waals surface area contributed by atoms with Gasteiger partial charge in [0, 0.05) is 145 Å². The summed E-state index contributed by atoms with van der Waals surface area (Å²) in [4.78, 5) is 24.6. The molecule has 1 aliphatic rings. The lowest BCUT2D eigenvalue weighted by molar-refractivity contribution is -0.385. The molecule has 9 rings (SSSR count). The third-order valence-corrected chi connectivity index (χ3v) is 21.5. The lowest BCUT2D eigenvalue weighted by Crippen LogP contribution is -2.53. The number of hydrogen-bond acceptors (Lipinski definition) is 9. The fourth-order valence-corrected chi connectivity index (χ4v) is 14.1. The highest BCUT2D eigenvalue weighted by Crippen LogP contribution is 2.43. The van der Waals surface area contributed by atoms with Gasteiger partial charge in [-0.2, -0.15) is 0 Å². The van der Waals surface area contributed by atoms with Crippen LogP contribution >= 0.6 is 15.9 Å². The van der Waals surface area contributed by atoms with E-state index in [4.69, 9.17) is 0 Å². The van der Waals surface area contributed by atoms with E-state index in [9.17, 15) is 10.1 Å². The molecule has 2 unspecified atom stereocenters. The molecule has 11 heteroatoms. The number of anilines is 7. The van der Waals surface area contributed by atoms with Gasteiger partial charge in [0.05, 0.1) is 4.92 Å². The Morgan fingerprint density at radius 2 is 0.611 bits per heavy atom. The minimum Gasteiger partial charge on any atom is -0.385 e. The maximum absolute atomic E-state index is 10.4. The molecule has 0 spiro atoms. The van der Waals surface area contributed by atoms with Crippen molar-refractivity contribution in [3.63, 3.8) is 0 Å². The van der Waals surface area contributed by atoms with Crippen molar-refractivity contribution >= 4 is 61.4 Å². The van der Waals surface area contributed by atoms with Crippen molar-refractivity contribution in [2.45, 2.75) is 465 Å². The summed E-state index contributed by atoms with van der Waals surface area (Å²) in [6.07, 6.45) is 15.4. The molecule has 8 aromatic carbocycles. The van der Waals surface area contributed by atoms with Gasteiger partial charge < -0.3 is 34.7 Å². The van der Waals surface area contributed by atoms with E-state index >= 15 is 0 Å². The summed E-state index contributed by atoms with van der Waals surface area (Å²) in [5.74, 6) is 1.28. The number of nitrogens with zero attached hydrogens (tertiary/aromatic N) is 7. The molecule has 1 N–H and O–H groups in total. The van der Waals surface area contributed by atoms with Crippen molar-refractivity contribution in [1.29, 1.82) is 0 Å². The van der Waals surface area contributed by atoms with Crippen LogP contribution < -0.4 is 34.7 Å². The summed E-state index contributed by atoms with van der Waals surface area (Å²) >= 11 is 3.25. The molecule has 0 aliphatic carbocycles. The molecule has 0 amide bonds. The minimum absolute atomic E-state index is 0. The molecule has 1 heterocycles. The van der Waals surface area contributed by atoms with Gasteiger partial charge in [0.1, 0.15) is 0 Å². The van der Waals surface area contributed by atoms with E-state index in [-0.39, 0.29) is 25.5 Å². The van der Waals surface area contributed by atoms with Crippen LogP contribution in [0, 0.1) is 27.4 Å². The highest BCUT2D eigenvalue weighted by atomic mass is 79.9. The van der Waals surface area contributed by atoms with Gasteiger partial charge in [-0.05, 0) is 188 Å². The van der Waals surface area contributed by atoms with Crippen LogP contribution in [0.4, 0.5) is 45.5 Å². The van der Waals surface area contributed by atoms with Crippen molar-refractivity contribution < 1.29 is 4.92 Å². The summed E-state index contributed by atoms with van der Waals surface area (Å²) in [6.45, 7) is 116. The maximum Gasteiger partial charge on any atom is 0.272 e. The summed E-state index contributed by atoms with van der Waals surface area (Å²) in [6, 6.07) is 64.0. The van der Waals surface area contributed by atoms with E-state index in [0.717, 1.165) is 114 Å². The summed E-state index contributed by atoms with van der Waals surface area (Å²) in [5.41, 5.74) is 24.1. The molecule has 1 fully saturated rings. The zero-order valence-corrected chi connectivity index (χ0v) is 108. The number of hydrogen-bond donors (Lipinski definition) is 1. The molecule has 0 radical (unpaired) electrons. The van der Waals surface area contributed by atoms with Crippen LogP contribution in [0.1, 0.15) is 456 Å². The largest absolute Gasteiger partial charge is 0.385 e. The van der Waals surface area contributed by atoms with E-state index in [1.165, 1.54) is 122 Å². The molecule has 10 nitrogen and oxygen atoms in total. The summed E-state index contributed by atoms with van der Waals surface area (Å²) in [5, 5.41) is 14.9. The Bertz CT molecular complexity index is 3590. The molecular formula is C133H259BrN8O2. The quantitative estimate of drug-likeness (QED) is 0.0280. The summed E-state index contributed by atoms with van der Waals surface area (Å²) < 4.78 is 0. The molecule has 0 saturated carbocycles. The van der Waals surface area contributed by atoms with Crippen molar-refractivity contribution in [3.8, 4) is 0 Å². The third-order valence-electron chi connectivity index (χ3n) is 20.7. The van der Waals surface area contributed by atoms with Gasteiger partial charge in [-0.1, -0.05) is 536 Å². The first-order valence-corrected chi connectivity index (χ1v) is 59.6. The number of nitrogens with one attached hydrogen (secondary N) is 1. The van der Waals surface area contributed by atoms with E-state index in [0.29, 0.717) is 23.7 Å². The molecule has 2 atom stereocenters. The number of piperidine rings is 1. The monoisotopic (exact) mass is 2080 g/mol. The van der Waals surface area contributed by atoms with Crippen LogP contribution in [0.3, 0.4) is 0 Å². The number of nitro benzene ring substituents is 1. The Morgan fingerprint density at radius 1 is 0.333 bits per heavy atom. The SMILES string of the molecule is C.C.CC.CC.CC.CC.CC.CC.CC.CC.CC.CC.CC.CC.CC.CC.CC.CC.CC.CC.CCCBr.CCCN(CCCN(C)c1ccccc1CC)c1ccccc1CC.CCCNc1ccccc1CC.CCc1cccc(CC)c1N(C)C.CCc1cccc(CC)c1N(C)C.CCc1ccccc1N(C)CC1CN(c2ccccc2CC)CC(C)C1(C)C.CCc1ccccc1[N+](=O)[O-]. The molecule has 1 saturated heterocycles. The van der Waals surface area contributed by atoms with Gasteiger partial charge in [-0.3, -0.25) is 10.1 Å². The molecule has 850 valence electrons. The smallest absolute Gasteiger partial charge is 0.272 e. The highest BCUT2D eigenvalue weighted by molar-refractivity contribution is 9.09. The summed E-state index contributed by atoms with van der Waals surface area (Å²) in [7, 11) is 13.0. The topological polar surface area (TPSA) is 74.6 Å². The second kappa shape index (κ2) is 139. The van der Waals surface area contributed by atoms with Gasteiger partial charge in [-0.25, -0.2) is 0 Å². The first-order chi connectivity index (χ1) is 69.0. The van der Waals surface area contributed by atoms with Crippen molar-refractivity contribution in [3.05, 3.63) is 248 Å². The van der Waals surface area contributed by atoms with Gasteiger partial charge in [0.25, 0.3) is 5.69 Å². The predicted octanol–water partition coefficient (Wildman–Crippen LogP) is 44.1. The van der Waals surface area contributed by atoms with Crippen molar-refractivity contribution in [2.75, 3.05) is 128 Å². The lowest BCUT2D eigenvalue weighted by atomic mass is 9.66. The Hall–Kier alpha value is -7.76. The Morgan fingerprint density at radius 3 is 0.917 bits per heavy atom. The first-order valence-electron chi connectivity index (χ1n) is 58.4. The number of halogens is 1. The van der Waals surface area contributed by atoms with Gasteiger partial charge in [0.2, 0.25) is 0 Å². The van der Waals surface area contributed by atoms with E-state index in [2.05, 4.69) is 355 Å². The zero-order valence-electron chi connectivity index (χ0n) is 106. The van der Waals surface area contributed by atoms with E-state index < -0.39 is 0 Å². The van der Waals surface area contributed by atoms with Crippen LogP contribution in [-0.4, -0.2) is 98.4 Å². The van der Waals surface area contributed by atoms with Gasteiger partial charge in [-0.15, -0.1) is 0 Å². The lowest BCUT2D eigenvalue weighted by Gasteiger charge is -2.50. The zero-order chi connectivity index (χ0) is 115. The van der Waals surface area contributed by atoms with E-state index in [1.54, 1.807) is 12.1 Å². The van der Waals surface area contributed by atoms with Crippen molar-refractivity contribution in [1.82, 2.24) is 0 Å². The molecule has 0 bridgehead atoms. The van der Waals surface area contributed by atoms with Crippen molar-refractivity contribution in [2.24, 2.45) is 17.3 Å². The van der Waals surface area contributed by atoms with Crippen LogP contribution in [0.25, 0.3) is 0 Å². The second-order valence-corrected chi connectivity index (χ2v) is 29.6. The first kappa shape index (κ1) is 178. The molecule has 1 aliphatic heterocycles. The number of alkyl halides is 1. The highest BCUT2D eigenvalue weighted by Gasteiger charge is 2.42. The van der Waals surface area contributed by atoms with E-state index in [1.807, 2.05) is 262 Å². The molecule has 144 heavy (non-hydrogen) atoms. The molecular weight excluding hydrogens is 1820 g/mol. The standard InChI is InChI=1S/C26H38N2.C23H34N2.2C12H19N.C11H17N.C8H9NO2.C3H7Br.18C2H6.2CH4/c1-7-21-13-9-11-15-24(21)27(6)18-23-19-28(17-20(3)26(23,4)5)25-16-12-10-14-22(25)8-2;1-5-17-25(23-16-11-9-14-21(23)7-3)19-12-18-24(4)22-15-10-8-13-20(22)6-2;2*1-5-10-8-7-9-11(6-2)12(10)13(3)4;1-3-9-12-11-8-6-5-7-10(11)4-2;1-2-7-5-3-4-6-8(7)9(10)11;1-2-3-4;18*1-2;;/h9-16,20,23H,7-8,17-19H2,1-6H3;8-11,13-16H,5-7,12,17-19H2,1-4H3;2*7-9H,5-6H2,1-4H3;5-8,12H,3-4,9H2,1-2H3;3-6H,2H2,1H3;2-3H2,1H3;18*1-2H3;2*1H4. The Labute approximate surface area is 918 Å². The number of benzene rings is 8. The maximum atomic E-state index is 10.4. The fourth-order valence-electron chi connectivity index (χ4n) is 14.1. The van der Waals surface area contributed by atoms with Crippen LogP contribution in [0.2, 0.25) is 0 Å². The second-order valence-electron chi connectivity index (χ2n) is 28.8. The number of nitro groups is 1. The van der Waals surface area contributed by atoms with Crippen LogP contribution in [0.15, 0.2) is 182 Å². The predicted molar refractivity (Wildman–Crippen MR) is 694 cm³/mol. The fraction of sp³-hybridized carbons (Fsp3) is 0.639. The third kappa shape index (κ3) is 80.3. The molecule has 0 aromatic heterocycles. The minimum atomic E-state index is -0.348. The normalized spacial score (nSPS) is 10.4. The average Bonchev–Trinajstić information content (AvgIpc) is 0.777. The number of para-hydroxylation sites is 8. The van der Waals surface area contributed by atoms with Crippen LogP contribution in [-0.2, 0) is 64.2 Å². The molecule has 8 aromatic rings. The Kier molecular flexibility index (Phi) is 172. The Balaban J connectivity index is -0.0000000785. The van der Waals surface area contributed by atoms with Gasteiger partial charge >= 0.3 is 0 Å². The number of aryl methyl sites for hydroxylation is 10. The number of rotatable bonds is 29. The van der Waals surface area contributed by atoms with Crippen LogP contribution in [0.5, 0.6) is 0 Å². The average molecular weight is 2080 g/mol.